The minimum atomic E-state index is 0.340. The zero-order valence-corrected chi connectivity index (χ0v) is 11.2. The first kappa shape index (κ1) is 14.0. The summed E-state index contributed by atoms with van der Waals surface area (Å²) in [5.74, 6) is 0.340. The lowest BCUT2D eigenvalue weighted by molar-refractivity contribution is 0.408. The van der Waals surface area contributed by atoms with E-state index in [9.17, 15) is 5.11 Å². The van der Waals surface area contributed by atoms with Gasteiger partial charge in [-0.25, -0.2) is 0 Å². The normalized spacial score (nSPS) is 14.5. The summed E-state index contributed by atoms with van der Waals surface area (Å²) in [6.07, 6.45) is 4.68. The highest BCUT2D eigenvalue weighted by Gasteiger charge is 2.09. The zero-order chi connectivity index (χ0) is 12.7. The van der Waals surface area contributed by atoms with E-state index in [1.165, 1.54) is 24.8 Å². The second kappa shape index (κ2) is 7.33. The van der Waals surface area contributed by atoms with Crippen LogP contribution in [0.15, 0.2) is 24.3 Å². The van der Waals surface area contributed by atoms with Gasteiger partial charge in [0.1, 0.15) is 5.75 Å². The largest absolute Gasteiger partial charge is 0.508 e. The molecule has 1 aromatic carbocycles. The number of hydrogen-bond acceptors (Lipinski definition) is 2. The van der Waals surface area contributed by atoms with E-state index < -0.39 is 0 Å². The van der Waals surface area contributed by atoms with E-state index in [1.807, 2.05) is 12.1 Å². The van der Waals surface area contributed by atoms with Crippen molar-refractivity contribution in [2.45, 2.75) is 58.5 Å². The molecule has 0 aliphatic heterocycles. The van der Waals surface area contributed by atoms with Crippen molar-refractivity contribution in [1.29, 1.82) is 0 Å². The second-order valence-electron chi connectivity index (χ2n) is 4.83. The van der Waals surface area contributed by atoms with Gasteiger partial charge in [-0.15, -0.1) is 0 Å². The number of nitrogens with one attached hydrogen (secondary N) is 1. The molecular weight excluding hydrogens is 210 g/mol. The van der Waals surface area contributed by atoms with E-state index >= 15 is 0 Å². The highest BCUT2D eigenvalue weighted by atomic mass is 16.3. The maximum Gasteiger partial charge on any atom is 0.115 e. The van der Waals surface area contributed by atoms with Crippen LogP contribution in [0.2, 0.25) is 0 Å². The predicted molar refractivity (Wildman–Crippen MR) is 73.4 cm³/mol. The summed E-state index contributed by atoms with van der Waals surface area (Å²) >= 11 is 0. The monoisotopic (exact) mass is 235 g/mol. The Balaban J connectivity index is 2.42. The van der Waals surface area contributed by atoms with Gasteiger partial charge in [0.05, 0.1) is 0 Å². The standard InChI is InChI=1S/C15H25NO/c1-4-6-14(5-2)16-12(3)11-13-7-9-15(17)10-8-13/h7-10,12,14,16-17H,4-6,11H2,1-3H3. The van der Waals surface area contributed by atoms with E-state index in [1.54, 1.807) is 12.1 Å². The third-order valence-electron chi connectivity index (χ3n) is 3.13. The van der Waals surface area contributed by atoms with Gasteiger partial charge in [-0.2, -0.15) is 0 Å². The summed E-state index contributed by atoms with van der Waals surface area (Å²) in [4.78, 5) is 0. The maximum atomic E-state index is 9.23. The van der Waals surface area contributed by atoms with E-state index in [-0.39, 0.29) is 0 Å². The molecule has 2 heteroatoms. The van der Waals surface area contributed by atoms with Crippen LogP contribution in [0.25, 0.3) is 0 Å². The first-order valence-corrected chi connectivity index (χ1v) is 6.69. The molecule has 0 radical (unpaired) electrons. The van der Waals surface area contributed by atoms with Gasteiger partial charge in [0.2, 0.25) is 0 Å². The molecule has 0 heterocycles. The van der Waals surface area contributed by atoms with Crippen LogP contribution in [0.3, 0.4) is 0 Å². The minimum absolute atomic E-state index is 0.340. The van der Waals surface area contributed by atoms with Gasteiger partial charge in [0.15, 0.2) is 0 Å². The van der Waals surface area contributed by atoms with Crippen molar-refractivity contribution in [3.8, 4) is 5.75 Å². The van der Waals surface area contributed by atoms with Crippen molar-refractivity contribution >= 4 is 0 Å². The molecule has 17 heavy (non-hydrogen) atoms. The van der Waals surface area contributed by atoms with Crippen LogP contribution in [0.4, 0.5) is 0 Å². The topological polar surface area (TPSA) is 32.3 Å². The number of aromatic hydroxyl groups is 1. The van der Waals surface area contributed by atoms with Gasteiger partial charge in [-0.1, -0.05) is 32.4 Å². The fourth-order valence-electron chi connectivity index (χ4n) is 2.20. The molecule has 0 saturated carbocycles. The summed E-state index contributed by atoms with van der Waals surface area (Å²) in [6, 6.07) is 8.61. The lowest BCUT2D eigenvalue weighted by atomic mass is 10.0. The van der Waals surface area contributed by atoms with Crippen LogP contribution in [0.1, 0.15) is 45.6 Å². The highest BCUT2D eigenvalue weighted by molar-refractivity contribution is 5.26. The summed E-state index contributed by atoms with van der Waals surface area (Å²) in [6.45, 7) is 6.70. The van der Waals surface area contributed by atoms with Crippen molar-refractivity contribution in [3.05, 3.63) is 29.8 Å². The Morgan fingerprint density at radius 3 is 2.35 bits per heavy atom. The Labute approximate surface area is 105 Å². The summed E-state index contributed by atoms with van der Waals surface area (Å²) in [5, 5.41) is 12.9. The summed E-state index contributed by atoms with van der Waals surface area (Å²) in [5.41, 5.74) is 1.27. The molecule has 0 amide bonds. The predicted octanol–water partition coefficient (Wildman–Crippen LogP) is 3.49. The fraction of sp³-hybridized carbons (Fsp3) is 0.600. The first-order valence-electron chi connectivity index (χ1n) is 6.69. The third-order valence-corrected chi connectivity index (χ3v) is 3.13. The van der Waals surface area contributed by atoms with E-state index in [0.29, 0.717) is 17.8 Å². The highest BCUT2D eigenvalue weighted by Crippen LogP contribution is 2.12. The van der Waals surface area contributed by atoms with Gasteiger partial charge in [0.25, 0.3) is 0 Å². The quantitative estimate of drug-likeness (QED) is 0.758. The molecule has 0 aliphatic carbocycles. The number of phenolic OH excluding ortho intramolecular Hbond substituents is 1. The third kappa shape index (κ3) is 5.22. The Morgan fingerprint density at radius 2 is 1.82 bits per heavy atom. The number of hydrogen-bond donors (Lipinski definition) is 2. The van der Waals surface area contributed by atoms with Crippen LogP contribution < -0.4 is 5.32 Å². The molecule has 0 saturated heterocycles. The van der Waals surface area contributed by atoms with Crippen molar-refractivity contribution in [1.82, 2.24) is 5.32 Å². The lowest BCUT2D eigenvalue weighted by Crippen LogP contribution is -2.37. The molecule has 2 unspecified atom stereocenters. The Kier molecular flexibility index (Phi) is 6.06. The van der Waals surface area contributed by atoms with Gasteiger partial charge < -0.3 is 10.4 Å². The van der Waals surface area contributed by atoms with Crippen LogP contribution in [0, 0.1) is 0 Å². The van der Waals surface area contributed by atoms with Crippen LogP contribution >= 0.6 is 0 Å². The maximum absolute atomic E-state index is 9.23. The molecule has 2 atom stereocenters. The van der Waals surface area contributed by atoms with Crippen LogP contribution in [-0.4, -0.2) is 17.2 Å². The van der Waals surface area contributed by atoms with Crippen LogP contribution in [0.5, 0.6) is 5.75 Å². The lowest BCUT2D eigenvalue weighted by Gasteiger charge is -2.22. The van der Waals surface area contributed by atoms with Crippen molar-refractivity contribution in [2.24, 2.45) is 0 Å². The van der Waals surface area contributed by atoms with E-state index in [4.69, 9.17) is 0 Å². The Bertz CT molecular complexity index is 307. The molecule has 1 aromatic rings. The average molecular weight is 235 g/mol. The van der Waals surface area contributed by atoms with E-state index in [0.717, 1.165) is 6.42 Å². The molecule has 96 valence electrons. The molecule has 2 nitrogen and oxygen atoms in total. The van der Waals surface area contributed by atoms with Gasteiger partial charge in [0, 0.05) is 12.1 Å². The summed E-state index contributed by atoms with van der Waals surface area (Å²) in [7, 11) is 0. The van der Waals surface area contributed by atoms with Crippen molar-refractivity contribution in [2.75, 3.05) is 0 Å². The molecule has 0 aliphatic rings. The molecule has 0 aromatic heterocycles. The molecule has 1 rings (SSSR count). The first-order chi connectivity index (χ1) is 8.15. The molecule has 0 bridgehead atoms. The van der Waals surface area contributed by atoms with Crippen LogP contribution in [-0.2, 0) is 6.42 Å². The van der Waals surface area contributed by atoms with Gasteiger partial charge in [-0.3, -0.25) is 0 Å². The molecule has 0 spiro atoms. The van der Waals surface area contributed by atoms with Crippen molar-refractivity contribution < 1.29 is 5.11 Å². The Morgan fingerprint density at radius 1 is 1.18 bits per heavy atom. The number of phenols is 1. The smallest absolute Gasteiger partial charge is 0.115 e. The molecule has 0 fully saturated rings. The average Bonchev–Trinajstić information content (AvgIpc) is 2.31. The number of rotatable bonds is 7. The van der Waals surface area contributed by atoms with Gasteiger partial charge >= 0.3 is 0 Å². The fourth-order valence-corrected chi connectivity index (χ4v) is 2.20. The van der Waals surface area contributed by atoms with E-state index in [2.05, 4.69) is 26.1 Å². The minimum Gasteiger partial charge on any atom is -0.508 e. The van der Waals surface area contributed by atoms with Gasteiger partial charge in [-0.05, 0) is 43.9 Å². The molecular formula is C15H25NO. The van der Waals surface area contributed by atoms with Crippen molar-refractivity contribution in [3.63, 3.8) is 0 Å². The SMILES string of the molecule is CCCC(CC)NC(C)Cc1ccc(O)cc1. The summed E-state index contributed by atoms with van der Waals surface area (Å²) < 4.78 is 0. The number of benzene rings is 1. The zero-order valence-electron chi connectivity index (χ0n) is 11.2. The Hall–Kier alpha value is -1.02. The second-order valence-corrected chi connectivity index (χ2v) is 4.83. The molecule has 2 N–H and O–H groups in total.